The Balaban J connectivity index is 2.62. The molecule has 0 unspecified atom stereocenters. The van der Waals surface area contributed by atoms with Crippen LogP contribution in [0, 0.1) is 0 Å². The fourth-order valence-electron chi connectivity index (χ4n) is 1.39. The molecule has 1 aromatic carbocycles. The quantitative estimate of drug-likeness (QED) is 0.716. The molecule has 0 spiro atoms. The van der Waals surface area contributed by atoms with Gasteiger partial charge in [0.15, 0.2) is 0 Å². The van der Waals surface area contributed by atoms with Crippen molar-refractivity contribution in [1.29, 1.82) is 0 Å². The van der Waals surface area contributed by atoms with Crippen molar-refractivity contribution in [1.82, 2.24) is 4.98 Å². The molecule has 66 valence electrons. The van der Waals surface area contributed by atoms with E-state index in [0.717, 1.165) is 5.39 Å². The van der Waals surface area contributed by atoms with Gasteiger partial charge in [0.05, 0.1) is 0 Å². The van der Waals surface area contributed by atoms with Crippen molar-refractivity contribution >= 4 is 10.8 Å². The lowest BCUT2D eigenvalue weighted by Crippen LogP contribution is -2.04. The van der Waals surface area contributed by atoms with E-state index in [1.807, 2.05) is 19.2 Å². The summed E-state index contributed by atoms with van der Waals surface area (Å²) in [5.74, 6) is 0. The molecule has 2 heteroatoms. The standard InChI is InChI=1S/C11H12N2/c1-8(12)9-2-3-11-7-13-5-4-10(11)6-9/h2-8H,12H2,1H3/t8-/m0/s1. The molecule has 0 aliphatic carbocycles. The zero-order valence-electron chi connectivity index (χ0n) is 7.57. The second-order valence-electron chi connectivity index (χ2n) is 3.27. The molecule has 0 amide bonds. The summed E-state index contributed by atoms with van der Waals surface area (Å²) in [7, 11) is 0. The van der Waals surface area contributed by atoms with E-state index in [9.17, 15) is 0 Å². The van der Waals surface area contributed by atoms with Crippen LogP contribution in [-0.4, -0.2) is 4.98 Å². The van der Waals surface area contributed by atoms with Crippen molar-refractivity contribution in [2.24, 2.45) is 5.73 Å². The van der Waals surface area contributed by atoms with E-state index in [4.69, 9.17) is 5.73 Å². The molecule has 2 aromatic rings. The van der Waals surface area contributed by atoms with Gasteiger partial charge >= 0.3 is 0 Å². The van der Waals surface area contributed by atoms with Gasteiger partial charge in [0, 0.05) is 23.8 Å². The third-order valence-corrected chi connectivity index (χ3v) is 2.19. The van der Waals surface area contributed by atoms with Crippen LogP contribution in [0.3, 0.4) is 0 Å². The Morgan fingerprint density at radius 2 is 2.08 bits per heavy atom. The first-order valence-corrected chi connectivity index (χ1v) is 4.36. The number of pyridine rings is 1. The normalized spacial score (nSPS) is 13.1. The Labute approximate surface area is 77.4 Å². The van der Waals surface area contributed by atoms with E-state index in [1.54, 1.807) is 6.20 Å². The molecule has 2 rings (SSSR count). The van der Waals surface area contributed by atoms with E-state index in [-0.39, 0.29) is 6.04 Å². The largest absolute Gasteiger partial charge is 0.324 e. The van der Waals surface area contributed by atoms with Gasteiger partial charge in [-0.3, -0.25) is 4.98 Å². The second-order valence-corrected chi connectivity index (χ2v) is 3.27. The molecule has 0 saturated carbocycles. The van der Waals surface area contributed by atoms with Crippen LogP contribution in [0.25, 0.3) is 10.8 Å². The molecule has 2 N–H and O–H groups in total. The highest BCUT2D eigenvalue weighted by Gasteiger charge is 1.99. The third kappa shape index (κ3) is 1.53. The third-order valence-electron chi connectivity index (χ3n) is 2.19. The molecule has 1 atom stereocenters. The average molecular weight is 172 g/mol. The number of nitrogens with zero attached hydrogens (tertiary/aromatic N) is 1. The first kappa shape index (κ1) is 8.20. The monoisotopic (exact) mass is 172 g/mol. The van der Waals surface area contributed by atoms with Crippen molar-refractivity contribution in [3.05, 3.63) is 42.2 Å². The van der Waals surface area contributed by atoms with Gasteiger partial charge in [-0.25, -0.2) is 0 Å². The van der Waals surface area contributed by atoms with Crippen LogP contribution in [0.4, 0.5) is 0 Å². The summed E-state index contributed by atoms with van der Waals surface area (Å²) in [6.45, 7) is 1.99. The van der Waals surface area contributed by atoms with Gasteiger partial charge in [-0.2, -0.15) is 0 Å². The number of hydrogen-bond acceptors (Lipinski definition) is 2. The van der Waals surface area contributed by atoms with Gasteiger partial charge in [-0.15, -0.1) is 0 Å². The Morgan fingerprint density at radius 3 is 2.85 bits per heavy atom. The molecule has 0 aliphatic rings. The van der Waals surface area contributed by atoms with Crippen molar-refractivity contribution in [2.75, 3.05) is 0 Å². The predicted molar refractivity (Wildman–Crippen MR) is 54.3 cm³/mol. The molecular weight excluding hydrogens is 160 g/mol. The minimum Gasteiger partial charge on any atom is -0.324 e. The molecule has 1 aromatic heterocycles. The highest BCUT2D eigenvalue weighted by atomic mass is 14.6. The van der Waals surface area contributed by atoms with E-state index >= 15 is 0 Å². The minimum atomic E-state index is 0.0950. The summed E-state index contributed by atoms with van der Waals surface area (Å²) in [4.78, 5) is 4.06. The lowest BCUT2D eigenvalue weighted by atomic mass is 10.1. The molecule has 13 heavy (non-hydrogen) atoms. The lowest BCUT2D eigenvalue weighted by molar-refractivity contribution is 0.820. The Bertz CT molecular complexity index is 421. The molecule has 0 aliphatic heterocycles. The van der Waals surface area contributed by atoms with Gasteiger partial charge in [-0.05, 0) is 30.0 Å². The number of hydrogen-bond donors (Lipinski definition) is 1. The van der Waals surface area contributed by atoms with Gasteiger partial charge in [0.1, 0.15) is 0 Å². The number of benzene rings is 1. The molecule has 0 radical (unpaired) electrons. The van der Waals surface area contributed by atoms with Gasteiger partial charge in [0.2, 0.25) is 0 Å². The zero-order valence-corrected chi connectivity index (χ0v) is 7.57. The Morgan fingerprint density at radius 1 is 1.23 bits per heavy atom. The Hall–Kier alpha value is -1.41. The maximum absolute atomic E-state index is 5.79. The number of rotatable bonds is 1. The lowest BCUT2D eigenvalue weighted by Gasteiger charge is -2.06. The summed E-state index contributed by atoms with van der Waals surface area (Å²) in [6, 6.07) is 8.32. The van der Waals surface area contributed by atoms with E-state index < -0.39 is 0 Å². The molecule has 0 fully saturated rings. The van der Waals surface area contributed by atoms with E-state index in [0.29, 0.717) is 0 Å². The predicted octanol–water partition coefficient (Wildman–Crippen LogP) is 2.25. The summed E-state index contributed by atoms with van der Waals surface area (Å²) >= 11 is 0. The molecule has 2 nitrogen and oxygen atoms in total. The van der Waals surface area contributed by atoms with E-state index in [1.165, 1.54) is 10.9 Å². The molecule has 0 bridgehead atoms. The second kappa shape index (κ2) is 3.15. The van der Waals surface area contributed by atoms with Crippen LogP contribution in [-0.2, 0) is 0 Å². The molecule has 0 saturated heterocycles. The van der Waals surface area contributed by atoms with Crippen LogP contribution < -0.4 is 5.73 Å². The first-order chi connectivity index (χ1) is 6.27. The van der Waals surface area contributed by atoms with Crippen molar-refractivity contribution in [3.63, 3.8) is 0 Å². The summed E-state index contributed by atoms with van der Waals surface area (Å²) in [6.07, 6.45) is 3.66. The van der Waals surface area contributed by atoms with Crippen LogP contribution >= 0.6 is 0 Å². The first-order valence-electron chi connectivity index (χ1n) is 4.36. The number of fused-ring (bicyclic) bond motifs is 1. The fraction of sp³-hybridized carbons (Fsp3) is 0.182. The fourth-order valence-corrected chi connectivity index (χ4v) is 1.39. The summed E-state index contributed by atoms with van der Waals surface area (Å²) in [5, 5.41) is 2.36. The summed E-state index contributed by atoms with van der Waals surface area (Å²) in [5.41, 5.74) is 6.95. The highest BCUT2D eigenvalue weighted by molar-refractivity contribution is 5.82. The van der Waals surface area contributed by atoms with Crippen LogP contribution in [0.1, 0.15) is 18.5 Å². The van der Waals surface area contributed by atoms with Crippen molar-refractivity contribution in [3.8, 4) is 0 Å². The van der Waals surface area contributed by atoms with Crippen LogP contribution in [0.15, 0.2) is 36.7 Å². The SMILES string of the molecule is C[C@H](N)c1ccc2cnccc2c1. The van der Waals surface area contributed by atoms with Crippen molar-refractivity contribution < 1.29 is 0 Å². The molecular formula is C11H12N2. The number of nitrogens with two attached hydrogens (primary N) is 1. The van der Waals surface area contributed by atoms with Gasteiger partial charge < -0.3 is 5.73 Å². The molecule has 1 heterocycles. The Kier molecular flexibility index (Phi) is 1.99. The number of aromatic nitrogens is 1. The maximum Gasteiger partial charge on any atom is 0.0346 e. The minimum absolute atomic E-state index is 0.0950. The maximum atomic E-state index is 5.79. The van der Waals surface area contributed by atoms with Crippen LogP contribution in [0.5, 0.6) is 0 Å². The van der Waals surface area contributed by atoms with Crippen LogP contribution in [0.2, 0.25) is 0 Å². The summed E-state index contributed by atoms with van der Waals surface area (Å²) < 4.78 is 0. The topological polar surface area (TPSA) is 38.9 Å². The highest BCUT2D eigenvalue weighted by Crippen LogP contribution is 2.17. The van der Waals surface area contributed by atoms with Gasteiger partial charge in [0.25, 0.3) is 0 Å². The van der Waals surface area contributed by atoms with E-state index in [2.05, 4.69) is 23.2 Å². The zero-order chi connectivity index (χ0) is 9.26. The van der Waals surface area contributed by atoms with Crippen molar-refractivity contribution in [2.45, 2.75) is 13.0 Å². The van der Waals surface area contributed by atoms with Gasteiger partial charge in [-0.1, -0.05) is 12.1 Å². The smallest absolute Gasteiger partial charge is 0.0346 e. The average Bonchev–Trinajstić information content (AvgIpc) is 2.17.